The van der Waals surface area contributed by atoms with Gasteiger partial charge in [-0.25, -0.2) is 4.98 Å². The highest BCUT2D eigenvalue weighted by atomic mass is 32.1. The van der Waals surface area contributed by atoms with Crippen LogP contribution in [0.5, 0.6) is 0 Å². The minimum atomic E-state index is -0.00537. The molecule has 0 saturated heterocycles. The first-order chi connectivity index (χ1) is 9.79. The molecule has 0 aliphatic rings. The first kappa shape index (κ1) is 12.8. The van der Waals surface area contributed by atoms with Gasteiger partial charge < -0.3 is 4.42 Å². The molecule has 0 saturated carbocycles. The van der Waals surface area contributed by atoms with Crippen molar-refractivity contribution in [3.8, 4) is 11.5 Å². The van der Waals surface area contributed by atoms with Crippen molar-refractivity contribution in [3.05, 3.63) is 64.2 Å². The van der Waals surface area contributed by atoms with E-state index >= 15 is 0 Å². The van der Waals surface area contributed by atoms with E-state index in [4.69, 9.17) is 4.42 Å². The molecule has 0 aliphatic carbocycles. The summed E-state index contributed by atoms with van der Waals surface area (Å²) in [6, 6.07) is 12.9. The van der Waals surface area contributed by atoms with Crippen molar-refractivity contribution in [1.82, 2.24) is 4.98 Å². The van der Waals surface area contributed by atoms with E-state index in [-0.39, 0.29) is 5.78 Å². The van der Waals surface area contributed by atoms with E-state index in [9.17, 15) is 4.79 Å². The number of hydrogen-bond donors (Lipinski definition) is 0. The fraction of sp³-hybridized carbons (Fsp3) is 0.125. The van der Waals surface area contributed by atoms with Gasteiger partial charge >= 0.3 is 0 Å². The minimum absolute atomic E-state index is 0.00537. The van der Waals surface area contributed by atoms with E-state index in [1.807, 2.05) is 43.3 Å². The zero-order valence-electron chi connectivity index (χ0n) is 11.0. The topological polar surface area (TPSA) is 43.1 Å². The Balaban J connectivity index is 2.09. The van der Waals surface area contributed by atoms with Crippen molar-refractivity contribution >= 4 is 17.1 Å². The van der Waals surface area contributed by atoms with Gasteiger partial charge in [-0.1, -0.05) is 37.3 Å². The van der Waals surface area contributed by atoms with Crippen LogP contribution < -0.4 is 0 Å². The average Bonchev–Trinajstić information content (AvgIpc) is 3.16. The van der Waals surface area contributed by atoms with Gasteiger partial charge in [-0.3, -0.25) is 4.79 Å². The Labute approximate surface area is 120 Å². The number of furan rings is 1. The van der Waals surface area contributed by atoms with Crippen LogP contribution in [0.15, 0.2) is 53.1 Å². The normalized spacial score (nSPS) is 10.7. The number of hydrogen-bond acceptors (Lipinski definition) is 4. The first-order valence-electron chi connectivity index (χ1n) is 6.43. The monoisotopic (exact) mass is 283 g/mol. The van der Waals surface area contributed by atoms with Crippen LogP contribution in [-0.2, 0) is 6.42 Å². The summed E-state index contributed by atoms with van der Waals surface area (Å²) in [5.41, 5.74) is 1.32. The molecule has 0 fully saturated rings. The quantitative estimate of drug-likeness (QED) is 0.674. The predicted octanol–water partition coefficient (Wildman–Crippen LogP) is 4.20. The maximum Gasteiger partial charge on any atom is 0.205 e. The summed E-state index contributed by atoms with van der Waals surface area (Å²) in [5, 5.41) is 0.940. The fourth-order valence-electron chi connectivity index (χ4n) is 1.97. The Morgan fingerprint density at radius 3 is 2.65 bits per heavy atom. The molecule has 3 aromatic rings. The Kier molecular flexibility index (Phi) is 3.48. The summed E-state index contributed by atoms with van der Waals surface area (Å²) in [4.78, 5) is 17.8. The lowest BCUT2D eigenvalue weighted by Crippen LogP contribution is -2.00. The Hall–Kier alpha value is -2.20. The van der Waals surface area contributed by atoms with Gasteiger partial charge in [0.25, 0.3) is 0 Å². The van der Waals surface area contributed by atoms with E-state index in [1.54, 1.807) is 12.3 Å². The van der Waals surface area contributed by atoms with Gasteiger partial charge in [0.2, 0.25) is 5.78 Å². The second-order valence-electron chi connectivity index (χ2n) is 4.31. The summed E-state index contributed by atoms with van der Waals surface area (Å²) in [6.45, 7) is 2.03. The molecule has 2 heterocycles. The molecule has 0 radical (unpaired) electrons. The van der Waals surface area contributed by atoms with Gasteiger partial charge in [-0.15, -0.1) is 11.3 Å². The number of rotatable bonds is 4. The fourth-order valence-corrected chi connectivity index (χ4v) is 2.94. The number of nitrogens with zero attached hydrogens (tertiary/aromatic N) is 1. The molecule has 0 spiro atoms. The van der Waals surface area contributed by atoms with Crippen molar-refractivity contribution in [3.63, 3.8) is 0 Å². The molecule has 4 heteroatoms. The van der Waals surface area contributed by atoms with Crippen molar-refractivity contribution in [2.45, 2.75) is 13.3 Å². The lowest BCUT2D eigenvalue weighted by molar-refractivity contribution is 0.104. The van der Waals surface area contributed by atoms with Crippen molar-refractivity contribution in [2.75, 3.05) is 0 Å². The van der Waals surface area contributed by atoms with E-state index in [0.717, 1.165) is 11.4 Å². The van der Waals surface area contributed by atoms with E-state index in [2.05, 4.69) is 4.98 Å². The van der Waals surface area contributed by atoms with Crippen molar-refractivity contribution < 1.29 is 9.21 Å². The smallest absolute Gasteiger partial charge is 0.205 e. The summed E-state index contributed by atoms with van der Waals surface area (Å²) < 4.78 is 5.40. The summed E-state index contributed by atoms with van der Waals surface area (Å²) in [7, 11) is 0. The van der Waals surface area contributed by atoms with Crippen LogP contribution in [0, 0.1) is 0 Å². The van der Waals surface area contributed by atoms with Crippen LogP contribution in [0.1, 0.15) is 27.2 Å². The lowest BCUT2D eigenvalue weighted by Gasteiger charge is -1.99. The van der Waals surface area contributed by atoms with E-state index in [1.165, 1.54) is 11.3 Å². The largest absolute Gasteiger partial charge is 0.463 e. The van der Waals surface area contributed by atoms with E-state index in [0.29, 0.717) is 21.9 Å². The third kappa shape index (κ3) is 2.30. The summed E-state index contributed by atoms with van der Waals surface area (Å²) in [5.74, 6) is 0.634. The zero-order chi connectivity index (χ0) is 13.9. The molecular weight excluding hydrogens is 270 g/mol. The standard InChI is InChI=1S/C16H13NO2S/c1-2-13-17-14(12-9-6-10-19-12)16(20-13)15(18)11-7-4-3-5-8-11/h3-10H,2H2,1H3. The second-order valence-corrected chi connectivity index (χ2v) is 5.39. The van der Waals surface area contributed by atoms with Crippen LogP contribution in [0.4, 0.5) is 0 Å². The van der Waals surface area contributed by atoms with Gasteiger partial charge in [0.05, 0.1) is 11.3 Å². The van der Waals surface area contributed by atoms with Crippen LogP contribution >= 0.6 is 11.3 Å². The van der Waals surface area contributed by atoms with E-state index < -0.39 is 0 Å². The van der Waals surface area contributed by atoms with Crippen LogP contribution in [0.3, 0.4) is 0 Å². The molecular formula is C16H13NO2S. The van der Waals surface area contributed by atoms with Gasteiger partial charge in [-0.2, -0.15) is 0 Å². The first-order valence-corrected chi connectivity index (χ1v) is 7.24. The van der Waals surface area contributed by atoms with Crippen molar-refractivity contribution in [2.24, 2.45) is 0 Å². The third-order valence-electron chi connectivity index (χ3n) is 2.97. The molecule has 20 heavy (non-hydrogen) atoms. The molecule has 0 unspecified atom stereocenters. The number of thiazole rings is 1. The minimum Gasteiger partial charge on any atom is -0.463 e. The maximum atomic E-state index is 12.6. The lowest BCUT2D eigenvalue weighted by atomic mass is 10.1. The highest BCUT2D eigenvalue weighted by Gasteiger charge is 2.21. The zero-order valence-corrected chi connectivity index (χ0v) is 11.8. The molecule has 3 nitrogen and oxygen atoms in total. The summed E-state index contributed by atoms with van der Waals surface area (Å²) >= 11 is 1.44. The molecule has 0 bridgehead atoms. The molecule has 0 aliphatic heterocycles. The second kappa shape index (κ2) is 5.43. The Morgan fingerprint density at radius 2 is 2.00 bits per heavy atom. The van der Waals surface area contributed by atoms with Crippen molar-refractivity contribution in [1.29, 1.82) is 0 Å². The molecule has 3 rings (SSSR count). The predicted molar refractivity (Wildman–Crippen MR) is 79.1 cm³/mol. The van der Waals surface area contributed by atoms with Gasteiger partial charge in [0.15, 0.2) is 5.76 Å². The molecule has 2 aromatic heterocycles. The molecule has 0 atom stereocenters. The number of aryl methyl sites for hydroxylation is 1. The van der Waals surface area contributed by atoms with Crippen LogP contribution in [-0.4, -0.2) is 10.8 Å². The van der Waals surface area contributed by atoms with Gasteiger partial charge in [0.1, 0.15) is 10.6 Å². The molecule has 1 aromatic carbocycles. The Morgan fingerprint density at radius 1 is 1.20 bits per heavy atom. The van der Waals surface area contributed by atoms with Crippen LogP contribution in [0.25, 0.3) is 11.5 Å². The molecule has 0 amide bonds. The van der Waals surface area contributed by atoms with Gasteiger partial charge in [-0.05, 0) is 18.6 Å². The number of benzene rings is 1. The Bertz CT molecular complexity index is 714. The number of carbonyl (C=O) groups excluding carboxylic acids is 1. The van der Waals surface area contributed by atoms with Gasteiger partial charge in [0, 0.05) is 5.56 Å². The molecule has 100 valence electrons. The molecule has 0 N–H and O–H groups in total. The highest BCUT2D eigenvalue weighted by Crippen LogP contribution is 2.30. The maximum absolute atomic E-state index is 12.6. The average molecular weight is 283 g/mol. The number of aromatic nitrogens is 1. The third-order valence-corrected chi connectivity index (χ3v) is 4.17. The highest BCUT2D eigenvalue weighted by molar-refractivity contribution is 7.14. The SMILES string of the molecule is CCc1nc(-c2ccco2)c(C(=O)c2ccccc2)s1. The summed E-state index contributed by atoms with van der Waals surface area (Å²) in [6.07, 6.45) is 2.40. The number of ketones is 1. The number of carbonyl (C=O) groups is 1. The van der Waals surface area contributed by atoms with Crippen LogP contribution in [0.2, 0.25) is 0 Å².